The van der Waals surface area contributed by atoms with Crippen LogP contribution in [0.3, 0.4) is 0 Å². The Morgan fingerprint density at radius 1 is 0.532 bits per heavy atom. The Labute approximate surface area is 369 Å². The van der Waals surface area contributed by atoms with Crippen LogP contribution in [0.4, 0.5) is 74.6 Å². The first kappa shape index (κ1) is 59.7. The maximum Gasteiger partial charge on any atom is 3.00 e. The number of aliphatic hydroxyl groups is 1. The van der Waals surface area contributed by atoms with Gasteiger partial charge in [-0.2, -0.15) is 74.6 Å². The molecule has 1 unspecified atom stereocenters. The molecule has 0 aromatic rings. The fourth-order valence-electron chi connectivity index (χ4n) is 5.01. The minimum Gasteiger partial charge on any atom is -0.549 e. The second-order valence-corrected chi connectivity index (χ2v) is 14.8. The first-order valence-electron chi connectivity index (χ1n) is 16.4. The van der Waals surface area contributed by atoms with Crippen molar-refractivity contribution in [2.24, 2.45) is 0 Å². The maximum atomic E-state index is 14.3. The molecule has 1 saturated heterocycles. The van der Waals surface area contributed by atoms with Crippen molar-refractivity contribution >= 4 is 33.8 Å². The molecule has 0 spiro atoms. The van der Waals surface area contributed by atoms with Crippen LogP contribution in [0.5, 0.6) is 0 Å². The largest absolute Gasteiger partial charge is 3.00 e. The Morgan fingerprint density at radius 3 is 1.13 bits per heavy atom. The van der Waals surface area contributed by atoms with Crippen LogP contribution in [-0.2, 0) is 29.2 Å². The molecule has 0 saturated carbocycles. The molecule has 1 fully saturated rings. The summed E-state index contributed by atoms with van der Waals surface area (Å²) in [6, 6.07) is 0. The van der Waals surface area contributed by atoms with Gasteiger partial charge in [0.1, 0.15) is 0 Å². The van der Waals surface area contributed by atoms with E-state index in [-0.39, 0.29) is 97.0 Å². The number of carbonyl (C=O) groups is 4. The van der Waals surface area contributed by atoms with Gasteiger partial charge in [-0.25, -0.2) is 13.1 Å². The molecule has 1 atom stereocenters. The second-order valence-electron chi connectivity index (χ2n) is 13.0. The minimum atomic E-state index is -9.05. The van der Waals surface area contributed by atoms with E-state index in [1.165, 1.54) is 19.6 Å². The molecule has 0 aromatic carbocycles. The fraction of sp³-hybridized carbons (Fsp3) is 0.852. The number of sulfonamides is 1. The normalized spacial score (nSPS) is 18.2. The van der Waals surface area contributed by atoms with Crippen LogP contribution in [-0.4, -0.2) is 202 Å². The summed E-state index contributed by atoms with van der Waals surface area (Å²) in [4.78, 5) is 50.9. The Hall–Kier alpha value is -2.28. The van der Waals surface area contributed by atoms with Crippen molar-refractivity contribution in [3.05, 3.63) is 0 Å². The number of nitrogens with zero attached hydrogens (tertiary/aromatic N) is 4. The van der Waals surface area contributed by atoms with Gasteiger partial charge in [0.2, 0.25) is 5.91 Å². The molecule has 0 bridgehead atoms. The molecule has 363 valence electrons. The molecule has 16 nitrogen and oxygen atoms in total. The van der Waals surface area contributed by atoms with Crippen molar-refractivity contribution in [2.45, 2.75) is 53.1 Å². The van der Waals surface area contributed by atoms with Crippen LogP contribution < -0.4 is 25.4 Å². The zero-order chi connectivity index (χ0) is 48.0. The fourth-order valence-corrected chi connectivity index (χ4v) is 5.98. The van der Waals surface area contributed by atoms with Gasteiger partial charge >= 0.3 is 86.9 Å². The zero-order valence-electron chi connectivity index (χ0n) is 30.6. The third-order valence-corrected chi connectivity index (χ3v) is 9.90. The van der Waals surface area contributed by atoms with Gasteiger partial charge in [-0.15, -0.1) is 0 Å². The summed E-state index contributed by atoms with van der Waals surface area (Å²) in [6.45, 7) is -7.20. The summed E-state index contributed by atoms with van der Waals surface area (Å²) < 4.78 is 254. The molecule has 0 aliphatic carbocycles. The number of halogens is 17. The molecular formula is C27H32F17GdN6O10S. The predicted octanol–water partition coefficient (Wildman–Crippen LogP) is -3.18. The van der Waals surface area contributed by atoms with E-state index in [9.17, 15) is 123 Å². The number of alkyl halides is 17. The molecule has 62 heavy (non-hydrogen) atoms. The summed E-state index contributed by atoms with van der Waals surface area (Å²) in [5, 5.41) is 37.8. The predicted molar refractivity (Wildman–Crippen MR) is 157 cm³/mol. The quantitative estimate of drug-likeness (QED) is 0.102. The van der Waals surface area contributed by atoms with Crippen molar-refractivity contribution in [1.29, 1.82) is 0 Å². The smallest absolute Gasteiger partial charge is 0.549 e. The Balaban J connectivity index is 0.0000372. The van der Waals surface area contributed by atoms with E-state index in [1.54, 1.807) is 5.32 Å². The van der Waals surface area contributed by atoms with Crippen LogP contribution in [0.1, 0.15) is 0 Å². The van der Waals surface area contributed by atoms with E-state index in [0.29, 0.717) is 0 Å². The van der Waals surface area contributed by atoms with Crippen molar-refractivity contribution in [3.8, 4) is 0 Å². The van der Waals surface area contributed by atoms with Crippen molar-refractivity contribution in [2.75, 3.05) is 91.6 Å². The van der Waals surface area contributed by atoms with Crippen molar-refractivity contribution < 1.29 is 163 Å². The van der Waals surface area contributed by atoms with E-state index in [1.807, 2.05) is 0 Å². The van der Waals surface area contributed by atoms with Crippen LogP contribution in [0.25, 0.3) is 0 Å². The maximum absolute atomic E-state index is 14.3. The minimum absolute atomic E-state index is 0. The summed E-state index contributed by atoms with van der Waals surface area (Å²) in [5.74, 6) is -59.5. The van der Waals surface area contributed by atoms with E-state index in [4.69, 9.17) is 0 Å². The molecule has 0 aromatic heterocycles. The van der Waals surface area contributed by atoms with Gasteiger partial charge < -0.3 is 40.1 Å². The number of amides is 1. The molecule has 35 heteroatoms. The van der Waals surface area contributed by atoms with Gasteiger partial charge in [-0.1, -0.05) is 0 Å². The van der Waals surface area contributed by atoms with Crippen LogP contribution >= 0.6 is 0 Å². The number of hydrogen-bond donors (Lipinski definition) is 3. The zero-order valence-corrected chi connectivity index (χ0v) is 33.7. The molecule has 1 aliphatic heterocycles. The van der Waals surface area contributed by atoms with E-state index < -0.39 is 126 Å². The molecule has 1 radical (unpaired) electrons. The summed E-state index contributed by atoms with van der Waals surface area (Å²) in [7, 11) is -7.78. The molecule has 1 heterocycles. The third-order valence-electron chi connectivity index (χ3n) is 8.45. The Morgan fingerprint density at radius 2 is 0.823 bits per heavy atom. The summed E-state index contributed by atoms with van der Waals surface area (Å²) in [5.41, 5.74) is 0. The Kier molecular flexibility index (Phi) is 21.0. The number of carboxylic acids is 3. The number of carbonyl (C=O) groups excluding carboxylic acids is 4. The number of carboxylic acid groups (broad SMARTS) is 3. The van der Waals surface area contributed by atoms with E-state index >= 15 is 0 Å². The van der Waals surface area contributed by atoms with Crippen LogP contribution in [0.15, 0.2) is 0 Å². The van der Waals surface area contributed by atoms with Gasteiger partial charge in [0.25, 0.3) is 10.0 Å². The van der Waals surface area contributed by atoms with Gasteiger partial charge in [0.15, 0.2) is 0 Å². The van der Waals surface area contributed by atoms with E-state index in [2.05, 4.69) is 0 Å². The van der Waals surface area contributed by atoms with Gasteiger partial charge in [-0.05, 0) is 0 Å². The number of aliphatic hydroxyl groups excluding tert-OH is 1. The molecule has 1 rings (SSSR count). The SMILES string of the molecule is O=C([O-])CN1CCN(CC(=O)[O-])CCN(CC(O)CNC(=O)CNS(=O)(=O)C(F)(F)C(F)(F)C(F)(F)C(F)(F)C(F)(F)C(F)(F)C(F)(F)C(F)(F)F)CCN(CC(=O)[O-])CC1.[Gd+3]. The average Bonchev–Trinajstić information content (AvgIpc) is 3.09. The second kappa shape index (κ2) is 21.8. The number of β-amino-alcohol motifs (C(OH)–C–C–N with tert-alkyl or cyclic N) is 1. The number of nitrogens with one attached hydrogen (secondary N) is 2. The first-order chi connectivity index (χ1) is 27.2. The van der Waals surface area contributed by atoms with Crippen molar-refractivity contribution in [1.82, 2.24) is 29.6 Å². The third kappa shape index (κ3) is 13.6. The first-order valence-corrected chi connectivity index (χ1v) is 17.9. The molecule has 1 aliphatic rings. The summed E-state index contributed by atoms with van der Waals surface area (Å²) in [6.07, 6.45) is -9.82. The molecule has 1 amide bonds. The topological polar surface area (TPSA) is 229 Å². The van der Waals surface area contributed by atoms with Gasteiger partial charge in [-0.3, -0.25) is 24.4 Å². The number of hydrogen-bond acceptors (Lipinski definition) is 14. The van der Waals surface area contributed by atoms with Crippen LogP contribution in [0, 0.1) is 39.9 Å². The summed E-state index contributed by atoms with van der Waals surface area (Å²) >= 11 is 0. The molecular weight excluding hydrogens is 1080 g/mol. The van der Waals surface area contributed by atoms with E-state index in [0.717, 1.165) is 0 Å². The van der Waals surface area contributed by atoms with Crippen molar-refractivity contribution in [3.63, 3.8) is 0 Å². The monoisotopic (exact) mass is 1110 g/mol. The average molecular weight is 1110 g/mol. The number of rotatable bonds is 20. The van der Waals surface area contributed by atoms with Crippen LogP contribution in [0.2, 0.25) is 0 Å². The number of aliphatic carboxylic acids is 3. The standard InChI is InChI=1S/C27H35F17N6O10S.Gd/c28-20(29,22(32,33)24(36,37)26(40,41)42)21(30,31)23(34,35)25(38,39)27(43,44)61(59,60)46-10-16(52)45-9-15(51)11-47-1-3-48(12-17(53)54)5-7-50(14-19(57)58)8-6-49(4-2-47)13-18(55)56;/h15,46,51H,1-14H2,(H,45,52)(H,53,54)(H,55,56)(H,57,58);/q;+3/p-3. The Bertz CT molecular complexity index is 1640. The van der Waals surface area contributed by atoms with Gasteiger partial charge in [0.05, 0.1) is 30.6 Å². The van der Waals surface area contributed by atoms with Gasteiger partial charge in [0, 0.05) is 85.1 Å². The molecule has 3 N–H and O–H groups in total.